The molecule has 2 N–H and O–H groups in total. The molecule has 2 aromatic carbocycles. The molecule has 0 unspecified atom stereocenters. The van der Waals surface area contributed by atoms with E-state index in [4.69, 9.17) is 4.52 Å². The lowest BCUT2D eigenvalue weighted by Gasteiger charge is -2.13. The Morgan fingerprint density at radius 3 is 2.50 bits per heavy atom. The highest BCUT2D eigenvalue weighted by molar-refractivity contribution is 7.89. The summed E-state index contributed by atoms with van der Waals surface area (Å²) in [5, 5.41) is 10.2. The Morgan fingerprint density at radius 1 is 1.07 bits per heavy atom. The van der Waals surface area contributed by atoms with Gasteiger partial charge in [-0.05, 0) is 23.3 Å². The van der Waals surface area contributed by atoms with Gasteiger partial charge >= 0.3 is 0 Å². The van der Waals surface area contributed by atoms with Gasteiger partial charge in [0.15, 0.2) is 21.6 Å². The maximum Gasteiger partial charge on any atom is 0.191 e. The summed E-state index contributed by atoms with van der Waals surface area (Å²) in [6.45, 7) is 0.589. The van der Waals surface area contributed by atoms with E-state index in [1.165, 1.54) is 18.2 Å². The summed E-state index contributed by atoms with van der Waals surface area (Å²) >= 11 is 0. The van der Waals surface area contributed by atoms with Crippen LogP contribution in [0.2, 0.25) is 0 Å². The normalized spacial score (nSPS) is 12.0. The van der Waals surface area contributed by atoms with Crippen LogP contribution in [-0.2, 0) is 28.7 Å². The molecule has 1 heterocycles. The Balaban J connectivity index is 1.61. The van der Waals surface area contributed by atoms with Crippen molar-refractivity contribution < 1.29 is 17.3 Å². The van der Waals surface area contributed by atoms with Crippen LogP contribution in [0, 0.1) is 5.82 Å². The number of halogens is 1. The Kier molecular flexibility index (Phi) is 6.83. The number of benzene rings is 2. The molecule has 0 spiro atoms. The van der Waals surface area contributed by atoms with Gasteiger partial charge in [0.25, 0.3) is 0 Å². The largest absolute Gasteiger partial charge is 0.356 e. The molecule has 0 radical (unpaired) electrons. The highest BCUT2D eigenvalue weighted by atomic mass is 32.2. The molecule has 1 aromatic heterocycles. The van der Waals surface area contributed by atoms with Gasteiger partial charge in [-0.2, -0.15) is 0 Å². The molecule has 9 heteroatoms. The van der Waals surface area contributed by atoms with Crippen LogP contribution in [0.4, 0.5) is 4.39 Å². The van der Waals surface area contributed by atoms with Crippen molar-refractivity contribution >= 4 is 15.8 Å². The van der Waals surface area contributed by atoms with Crippen molar-refractivity contribution in [2.75, 3.05) is 13.3 Å². The Hall–Kier alpha value is -3.20. The van der Waals surface area contributed by atoms with E-state index in [2.05, 4.69) is 20.8 Å². The summed E-state index contributed by atoms with van der Waals surface area (Å²) in [7, 11) is -1.63. The molecule has 0 saturated carbocycles. The monoisotopic (exact) mass is 430 g/mol. The first-order valence-electron chi connectivity index (χ1n) is 9.24. The second kappa shape index (κ2) is 9.53. The number of nitrogens with zero attached hydrogens (tertiary/aromatic N) is 2. The molecule has 0 saturated heterocycles. The highest BCUT2D eigenvalue weighted by Crippen LogP contribution is 2.19. The van der Waals surface area contributed by atoms with Crippen molar-refractivity contribution in [3.05, 3.63) is 77.2 Å². The molecular weight excluding hydrogens is 407 g/mol. The first kappa shape index (κ1) is 21.5. The van der Waals surface area contributed by atoms with Crippen LogP contribution >= 0.6 is 0 Å². The third-order valence-electron chi connectivity index (χ3n) is 4.31. The Morgan fingerprint density at radius 2 is 1.80 bits per heavy atom. The van der Waals surface area contributed by atoms with E-state index >= 15 is 0 Å². The first-order chi connectivity index (χ1) is 14.3. The van der Waals surface area contributed by atoms with Gasteiger partial charge < -0.3 is 15.2 Å². The zero-order chi connectivity index (χ0) is 21.6. The Bertz CT molecular complexity index is 1130. The molecule has 0 bridgehead atoms. The molecule has 7 nitrogen and oxygen atoms in total. The van der Waals surface area contributed by atoms with Crippen LogP contribution in [0.15, 0.2) is 64.1 Å². The van der Waals surface area contributed by atoms with Gasteiger partial charge in [0.1, 0.15) is 11.5 Å². The van der Waals surface area contributed by atoms with E-state index in [1.807, 2.05) is 36.4 Å². The SMILES string of the molecule is CN=C(NCc1cc(-c2ccccc2)on1)NCc1cc(F)ccc1CS(C)(=O)=O. The number of sulfone groups is 1. The molecular formula is C21H23FN4O3S. The fourth-order valence-electron chi connectivity index (χ4n) is 2.89. The van der Waals surface area contributed by atoms with Gasteiger partial charge in [0.05, 0.1) is 12.3 Å². The van der Waals surface area contributed by atoms with E-state index < -0.39 is 15.7 Å². The van der Waals surface area contributed by atoms with Crippen molar-refractivity contribution in [3.63, 3.8) is 0 Å². The molecule has 0 aliphatic heterocycles. The van der Waals surface area contributed by atoms with Gasteiger partial charge in [-0.1, -0.05) is 41.6 Å². The Labute approximate surface area is 174 Å². The molecule has 0 aliphatic carbocycles. The lowest BCUT2D eigenvalue weighted by atomic mass is 10.1. The van der Waals surface area contributed by atoms with Gasteiger partial charge in [-0.3, -0.25) is 4.99 Å². The summed E-state index contributed by atoms with van der Waals surface area (Å²) in [5.41, 5.74) is 2.73. The predicted octanol–water partition coefficient (Wildman–Crippen LogP) is 2.89. The van der Waals surface area contributed by atoms with Gasteiger partial charge in [0.2, 0.25) is 0 Å². The fourth-order valence-corrected chi connectivity index (χ4v) is 3.74. The minimum atomic E-state index is -3.24. The molecule has 0 atom stereocenters. The average molecular weight is 431 g/mol. The minimum Gasteiger partial charge on any atom is -0.356 e. The number of hydrogen-bond acceptors (Lipinski definition) is 5. The number of rotatable bonds is 7. The smallest absolute Gasteiger partial charge is 0.191 e. The third kappa shape index (κ3) is 6.15. The molecule has 158 valence electrons. The molecule has 30 heavy (non-hydrogen) atoms. The minimum absolute atomic E-state index is 0.155. The quantitative estimate of drug-likeness (QED) is 0.442. The highest BCUT2D eigenvalue weighted by Gasteiger charge is 2.12. The van der Waals surface area contributed by atoms with Crippen molar-refractivity contribution in [2.45, 2.75) is 18.8 Å². The zero-order valence-corrected chi connectivity index (χ0v) is 17.5. The maximum absolute atomic E-state index is 13.7. The van der Waals surface area contributed by atoms with Crippen LogP contribution in [0.25, 0.3) is 11.3 Å². The molecule has 0 amide bonds. The average Bonchev–Trinajstić information content (AvgIpc) is 3.19. The second-order valence-corrected chi connectivity index (χ2v) is 8.95. The molecule has 3 rings (SSSR count). The summed E-state index contributed by atoms with van der Waals surface area (Å²) in [4.78, 5) is 4.13. The number of guanidine groups is 1. The van der Waals surface area contributed by atoms with Gasteiger partial charge in [-0.15, -0.1) is 0 Å². The van der Waals surface area contributed by atoms with Crippen LogP contribution in [0.3, 0.4) is 0 Å². The number of aliphatic imine (C=N–C) groups is 1. The van der Waals surface area contributed by atoms with Crippen molar-refractivity contribution in [3.8, 4) is 11.3 Å². The van der Waals surface area contributed by atoms with Gasteiger partial charge in [0, 0.05) is 31.5 Å². The van der Waals surface area contributed by atoms with Crippen LogP contribution in [0.5, 0.6) is 0 Å². The van der Waals surface area contributed by atoms with E-state index in [9.17, 15) is 12.8 Å². The molecule has 0 fully saturated rings. The standard InChI is InChI=1S/C21H23FN4O3S/c1-23-21(24-12-17-10-18(22)9-8-16(17)14-30(2,27)28)25-13-19-11-20(29-26-19)15-6-4-3-5-7-15/h3-11H,12-14H2,1-2H3,(H2,23,24,25). The summed E-state index contributed by atoms with van der Waals surface area (Å²) in [5.74, 6) is 0.551. The van der Waals surface area contributed by atoms with Crippen molar-refractivity contribution in [1.29, 1.82) is 0 Å². The van der Waals surface area contributed by atoms with E-state index in [0.29, 0.717) is 35.1 Å². The maximum atomic E-state index is 13.7. The summed E-state index contributed by atoms with van der Waals surface area (Å²) in [6, 6.07) is 15.6. The molecule has 0 aliphatic rings. The van der Waals surface area contributed by atoms with Crippen LogP contribution in [0.1, 0.15) is 16.8 Å². The van der Waals surface area contributed by atoms with E-state index in [-0.39, 0.29) is 12.3 Å². The zero-order valence-electron chi connectivity index (χ0n) is 16.7. The second-order valence-electron chi connectivity index (χ2n) is 6.81. The number of aromatic nitrogens is 1. The van der Waals surface area contributed by atoms with E-state index in [1.54, 1.807) is 7.05 Å². The molecule has 3 aromatic rings. The fraction of sp³-hybridized carbons (Fsp3) is 0.238. The van der Waals surface area contributed by atoms with Crippen LogP contribution in [-0.4, -0.2) is 32.8 Å². The summed E-state index contributed by atoms with van der Waals surface area (Å²) in [6.07, 6.45) is 1.15. The van der Waals surface area contributed by atoms with E-state index in [0.717, 1.165) is 11.8 Å². The van der Waals surface area contributed by atoms with Gasteiger partial charge in [-0.25, -0.2) is 12.8 Å². The van der Waals surface area contributed by atoms with Crippen molar-refractivity contribution in [1.82, 2.24) is 15.8 Å². The lowest BCUT2D eigenvalue weighted by molar-refractivity contribution is 0.422. The number of nitrogens with one attached hydrogen (secondary N) is 2. The number of hydrogen-bond donors (Lipinski definition) is 2. The predicted molar refractivity (Wildman–Crippen MR) is 114 cm³/mol. The van der Waals surface area contributed by atoms with Crippen molar-refractivity contribution in [2.24, 2.45) is 4.99 Å². The van der Waals surface area contributed by atoms with Crippen LogP contribution < -0.4 is 10.6 Å². The third-order valence-corrected chi connectivity index (χ3v) is 5.15. The summed E-state index contributed by atoms with van der Waals surface area (Å²) < 4.78 is 42.3. The first-order valence-corrected chi connectivity index (χ1v) is 11.3. The lowest BCUT2D eigenvalue weighted by Crippen LogP contribution is -2.36. The topological polar surface area (TPSA) is 96.6 Å².